The van der Waals surface area contributed by atoms with Crippen LogP contribution in [0.4, 0.5) is 4.79 Å². The molecule has 0 bridgehead atoms. The number of aliphatic hydroxyl groups is 1. The highest BCUT2D eigenvalue weighted by Crippen LogP contribution is 2.28. The summed E-state index contributed by atoms with van der Waals surface area (Å²) in [5.41, 5.74) is 0.903. The SMILES string of the molecule is COc1ccc(CCN2C(=O)NC(CCC(=O)NC(CO)C(C)C)C2=O)cc1OC. The molecule has 1 saturated heterocycles. The lowest BCUT2D eigenvalue weighted by Gasteiger charge is -2.20. The van der Waals surface area contributed by atoms with E-state index in [9.17, 15) is 19.5 Å². The van der Waals surface area contributed by atoms with Gasteiger partial charge >= 0.3 is 6.03 Å². The molecule has 0 radical (unpaired) electrons. The fraction of sp³-hybridized carbons (Fsp3) is 0.571. The first-order chi connectivity index (χ1) is 14.3. The molecule has 0 aliphatic carbocycles. The van der Waals surface area contributed by atoms with Crippen LogP contribution in [-0.4, -0.2) is 67.3 Å². The summed E-state index contributed by atoms with van der Waals surface area (Å²) in [7, 11) is 3.10. The summed E-state index contributed by atoms with van der Waals surface area (Å²) in [6, 6.07) is 3.93. The second kappa shape index (κ2) is 10.8. The molecular weight excluding hydrogens is 390 g/mol. The molecule has 9 nitrogen and oxygen atoms in total. The highest BCUT2D eigenvalue weighted by Gasteiger charge is 2.37. The molecule has 0 saturated carbocycles. The van der Waals surface area contributed by atoms with E-state index < -0.39 is 12.1 Å². The molecule has 30 heavy (non-hydrogen) atoms. The van der Waals surface area contributed by atoms with E-state index in [2.05, 4.69) is 10.6 Å². The number of aliphatic hydroxyl groups excluding tert-OH is 1. The molecule has 1 heterocycles. The zero-order valence-corrected chi connectivity index (χ0v) is 17.9. The second-order valence-corrected chi connectivity index (χ2v) is 7.57. The van der Waals surface area contributed by atoms with Crippen LogP contribution >= 0.6 is 0 Å². The van der Waals surface area contributed by atoms with Crippen molar-refractivity contribution in [2.45, 2.75) is 45.2 Å². The second-order valence-electron chi connectivity index (χ2n) is 7.57. The molecule has 2 atom stereocenters. The van der Waals surface area contributed by atoms with Crippen molar-refractivity contribution in [3.63, 3.8) is 0 Å². The number of carbonyl (C=O) groups excluding carboxylic acids is 3. The topological polar surface area (TPSA) is 117 Å². The summed E-state index contributed by atoms with van der Waals surface area (Å²) in [6.45, 7) is 3.88. The molecule has 3 N–H and O–H groups in total. The van der Waals surface area contributed by atoms with Crippen molar-refractivity contribution in [3.05, 3.63) is 23.8 Å². The van der Waals surface area contributed by atoms with Gasteiger partial charge in [-0.1, -0.05) is 19.9 Å². The van der Waals surface area contributed by atoms with Crippen molar-refractivity contribution < 1.29 is 29.0 Å². The number of carbonyl (C=O) groups is 3. The lowest BCUT2D eigenvalue weighted by atomic mass is 10.0. The van der Waals surface area contributed by atoms with E-state index in [4.69, 9.17) is 9.47 Å². The molecule has 1 fully saturated rings. The van der Waals surface area contributed by atoms with Crippen molar-refractivity contribution in [1.82, 2.24) is 15.5 Å². The van der Waals surface area contributed by atoms with Gasteiger partial charge in [0.05, 0.1) is 26.9 Å². The van der Waals surface area contributed by atoms with Crippen molar-refractivity contribution in [2.24, 2.45) is 5.92 Å². The normalized spacial score (nSPS) is 17.1. The molecule has 0 spiro atoms. The molecule has 1 aromatic carbocycles. The van der Waals surface area contributed by atoms with Crippen molar-refractivity contribution in [2.75, 3.05) is 27.4 Å². The lowest BCUT2D eigenvalue weighted by molar-refractivity contribution is -0.127. The van der Waals surface area contributed by atoms with Gasteiger partial charge in [0.2, 0.25) is 5.91 Å². The molecule has 9 heteroatoms. The Kier molecular flexibility index (Phi) is 8.46. The van der Waals surface area contributed by atoms with Gasteiger partial charge in [-0.2, -0.15) is 0 Å². The van der Waals surface area contributed by atoms with Crippen LogP contribution in [0.1, 0.15) is 32.3 Å². The number of nitrogens with zero attached hydrogens (tertiary/aromatic N) is 1. The van der Waals surface area contributed by atoms with Gasteiger partial charge < -0.3 is 25.2 Å². The predicted molar refractivity (Wildman–Crippen MR) is 110 cm³/mol. The molecule has 1 aliphatic rings. The van der Waals surface area contributed by atoms with E-state index in [-0.39, 0.29) is 49.8 Å². The maximum atomic E-state index is 12.6. The summed E-state index contributed by atoms with van der Waals surface area (Å²) in [6.07, 6.45) is 0.766. The van der Waals surface area contributed by atoms with Crippen LogP contribution < -0.4 is 20.1 Å². The van der Waals surface area contributed by atoms with E-state index in [1.807, 2.05) is 26.0 Å². The van der Waals surface area contributed by atoms with Crippen LogP contribution in [0.3, 0.4) is 0 Å². The van der Waals surface area contributed by atoms with Crippen LogP contribution in [0.2, 0.25) is 0 Å². The van der Waals surface area contributed by atoms with Gasteiger partial charge in [-0.3, -0.25) is 14.5 Å². The van der Waals surface area contributed by atoms with Gasteiger partial charge in [-0.15, -0.1) is 0 Å². The number of benzene rings is 1. The van der Waals surface area contributed by atoms with Crippen LogP contribution in [0.15, 0.2) is 18.2 Å². The third-order valence-corrected chi connectivity index (χ3v) is 5.19. The van der Waals surface area contributed by atoms with Crippen molar-refractivity contribution >= 4 is 17.8 Å². The van der Waals surface area contributed by atoms with E-state index in [1.165, 1.54) is 4.90 Å². The number of methoxy groups -OCH3 is 2. The Labute approximate surface area is 176 Å². The molecule has 2 unspecified atom stereocenters. The Morgan fingerprint density at radius 2 is 1.93 bits per heavy atom. The van der Waals surface area contributed by atoms with E-state index in [0.717, 1.165) is 5.56 Å². The molecule has 1 aliphatic heterocycles. The van der Waals surface area contributed by atoms with Gasteiger partial charge in [-0.05, 0) is 36.5 Å². The number of amides is 4. The summed E-state index contributed by atoms with van der Waals surface area (Å²) in [4.78, 5) is 38.1. The highest BCUT2D eigenvalue weighted by atomic mass is 16.5. The minimum Gasteiger partial charge on any atom is -0.493 e. The maximum absolute atomic E-state index is 12.6. The minimum atomic E-state index is -0.722. The van der Waals surface area contributed by atoms with E-state index >= 15 is 0 Å². The van der Waals surface area contributed by atoms with Crippen LogP contribution in [0.5, 0.6) is 11.5 Å². The minimum absolute atomic E-state index is 0.0867. The first-order valence-electron chi connectivity index (χ1n) is 10.0. The number of hydrogen-bond acceptors (Lipinski definition) is 6. The average Bonchev–Trinajstić information content (AvgIpc) is 3.00. The Hall–Kier alpha value is -2.81. The summed E-state index contributed by atoms with van der Waals surface area (Å²) in [5, 5.41) is 14.7. The van der Waals surface area contributed by atoms with Gasteiger partial charge in [0.25, 0.3) is 5.91 Å². The lowest BCUT2D eigenvalue weighted by Crippen LogP contribution is -2.42. The Morgan fingerprint density at radius 1 is 1.23 bits per heavy atom. The van der Waals surface area contributed by atoms with Gasteiger partial charge in [0.15, 0.2) is 11.5 Å². The third-order valence-electron chi connectivity index (χ3n) is 5.19. The Bertz CT molecular complexity index is 767. The standard InChI is InChI=1S/C21H31N3O6/c1-13(2)16(12-25)22-19(26)8-6-15-20(27)24(21(28)23-15)10-9-14-5-7-17(29-3)18(11-14)30-4/h5,7,11,13,15-16,25H,6,8-10,12H2,1-4H3,(H,22,26)(H,23,28). The van der Waals surface area contributed by atoms with E-state index in [0.29, 0.717) is 17.9 Å². The number of ether oxygens (including phenoxy) is 2. The summed E-state index contributed by atoms with van der Waals surface area (Å²) in [5.74, 6) is 0.692. The van der Waals surface area contributed by atoms with Gasteiger partial charge in [-0.25, -0.2) is 4.79 Å². The largest absolute Gasteiger partial charge is 0.493 e. The molecule has 1 aromatic rings. The predicted octanol–water partition coefficient (Wildman–Crippen LogP) is 1.08. The Morgan fingerprint density at radius 3 is 2.53 bits per heavy atom. The molecule has 2 rings (SSSR count). The van der Waals surface area contributed by atoms with Crippen LogP contribution in [0, 0.1) is 5.92 Å². The average molecular weight is 421 g/mol. The van der Waals surface area contributed by atoms with Crippen molar-refractivity contribution in [1.29, 1.82) is 0 Å². The molecule has 0 aromatic heterocycles. The number of hydrogen-bond donors (Lipinski definition) is 3. The van der Waals surface area contributed by atoms with Gasteiger partial charge in [0.1, 0.15) is 6.04 Å². The first-order valence-corrected chi connectivity index (χ1v) is 10.0. The monoisotopic (exact) mass is 421 g/mol. The van der Waals surface area contributed by atoms with Crippen molar-refractivity contribution in [3.8, 4) is 11.5 Å². The molecular formula is C21H31N3O6. The number of urea groups is 1. The summed E-state index contributed by atoms with van der Waals surface area (Å²) >= 11 is 0. The molecule has 4 amide bonds. The smallest absolute Gasteiger partial charge is 0.324 e. The number of nitrogens with one attached hydrogen (secondary N) is 2. The fourth-order valence-corrected chi connectivity index (χ4v) is 3.24. The van der Waals surface area contributed by atoms with Crippen LogP contribution in [0.25, 0.3) is 0 Å². The van der Waals surface area contributed by atoms with E-state index in [1.54, 1.807) is 20.3 Å². The highest BCUT2D eigenvalue weighted by molar-refractivity contribution is 6.04. The molecule has 166 valence electrons. The zero-order valence-electron chi connectivity index (χ0n) is 17.9. The quantitative estimate of drug-likeness (QED) is 0.460. The fourth-order valence-electron chi connectivity index (χ4n) is 3.24. The summed E-state index contributed by atoms with van der Waals surface area (Å²) < 4.78 is 10.5. The first kappa shape index (κ1) is 23.5. The number of imide groups is 1. The van der Waals surface area contributed by atoms with Gasteiger partial charge in [0, 0.05) is 13.0 Å². The third kappa shape index (κ3) is 5.85. The maximum Gasteiger partial charge on any atom is 0.324 e. The number of rotatable bonds is 11. The van der Waals surface area contributed by atoms with Crippen LogP contribution in [-0.2, 0) is 16.0 Å². The zero-order chi connectivity index (χ0) is 22.3. The Balaban J connectivity index is 1.88.